The summed E-state index contributed by atoms with van der Waals surface area (Å²) in [6.07, 6.45) is 3.84. The fourth-order valence-electron chi connectivity index (χ4n) is 1.39. The molecule has 0 aromatic carbocycles. The van der Waals surface area contributed by atoms with E-state index in [9.17, 15) is 19.1 Å². The van der Waals surface area contributed by atoms with Crippen molar-refractivity contribution >= 4 is 13.3 Å². The smallest absolute Gasteiger partial charge is 0.803 e. The number of rotatable bonds is 2. The van der Waals surface area contributed by atoms with Crippen LogP contribution in [0.5, 0.6) is 0 Å². The number of hydrogen-bond acceptors (Lipinski definition) is 5. The van der Waals surface area contributed by atoms with Gasteiger partial charge in [0.25, 0.3) is 0 Å². The summed E-state index contributed by atoms with van der Waals surface area (Å²) in [5.41, 5.74) is -1.61. The second kappa shape index (κ2) is 8.67. The van der Waals surface area contributed by atoms with Gasteiger partial charge in [0.1, 0.15) is 6.10 Å². The van der Waals surface area contributed by atoms with Gasteiger partial charge in [-0.15, -0.1) is 0 Å². The number of carbonyl (C=O) groups excluding carboxylic acids is 1. The number of ether oxygens (including phenoxy) is 1. The molecule has 0 amide bonds. The zero-order chi connectivity index (χ0) is 9.90. The maximum atomic E-state index is 10.6. The first-order valence-electron chi connectivity index (χ1n) is 4.23. The SMILES string of the molecule is O=C(OC1CCCCC1)P(=O)([O-])[O-].[Na+].[Na+]. The van der Waals surface area contributed by atoms with Gasteiger partial charge in [0, 0.05) is 7.60 Å². The summed E-state index contributed by atoms with van der Waals surface area (Å²) in [6.45, 7) is 0. The van der Waals surface area contributed by atoms with E-state index in [1.807, 2.05) is 0 Å². The van der Waals surface area contributed by atoms with Gasteiger partial charge in [0.15, 0.2) is 0 Å². The summed E-state index contributed by atoms with van der Waals surface area (Å²) < 4.78 is 14.7. The molecule has 0 aromatic rings. The topological polar surface area (TPSA) is 89.5 Å². The Labute approximate surface area is 133 Å². The quantitative estimate of drug-likeness (QED) is 0.361. The Kier molecular flexibility index (Phi) is 11.0. The summed E-state index contributed by atoms with van der Waals surface area (Å²) in [5.74, 6) is 0. The second-order valence-corrected chi connectivity index (χ2v) is 4.50. The molecule has 0 bridgehead atoms. The second-order valence-electron chi connectivity index (χ2n) is 3.14. The Bertz CT molecular complexity index is 236. The van der Waals surface area contributed by atoms with E-state index in [2.05, 4.69) is 4.74 Å². The van der Waals surface area contributed by atoms with E-state index in [4.69, 9.17) is 0 Å². The first kappa shape index (κ1) is 19.0. The summed E-state index contributed by atoms with van der Waals surface area (Å²) in [7, 11) is -5.18. The van der Waals surface area contributed by atoms with Crippen LogP contribution in [0.15, 0.2) is 0 Å². The fraction of sp³-hybridized carbons (Fsp3) is 0.857. The van der Waals surface area contributed by atoms with Crippen molar-refractivity contribution in [2.45, 2.75) is 38.2 Å². The van der Waals surface area contributed by atoms with Crippen molar-refractivity contribution in [3.05, 3.63) is 0 Å². The summed E-state index contributed by atoms with van der Waals surface area (Å²) in [4.78, 5) is 31.0. The monoisotopic (exact) mass is 252 g/mol. The van der Waals surface area contributed by atoms with Crippen LogP contribution in [0.2, 0.25) is 0 Å². The van der Waals surface area contributed by atoms with Gasteiger partial charge in [-0.05, 0) is 25.7 Å². The zero-order valence-electron chi connectivity index (χ0n) is 9.10. The van der Waals surface area contributed by atoms with Crippen LogP contribution in [0.4, 0.5) is 4.79 Å². The molecule has 0 radical (unpaired) electrons. The van der Waals surface area contributed by atoms with E-state index in [0.29, 0.717) is 12.8 Å². The minimum Gasteiger partial charge on any atom is -0.803 e. The largest absolute Gasteiger partial charge is 1.00 e. The Morgan fingerprint density at radius 2 is 1.60 bits per heavy atom. The molecule has 1 aliphatic carbocycles. The molecule has 1 rings (SSSR count). The third kappa shape index (κ3) is 7.53. The average Bonchev–Trinajstić information content (AvgIpc) is 2.04. The first-order chi connectivity index (χ1) is 6.00. The van der Waals surface area contributed by atoms with Crippen molar-refractivity contribution in [2.75, 3.05) is 0 Å². The van der Waals surface area contributed by atoms with E-state index in [0.717, 1.165) is 19.3 Å². The molecule has 0 atom stereocenters. The first-order valence-corrected chi connectivity index (χ1v) is 5.77. The maximum absolute atomic E-state index is 10.6. The molecule has 1 aliphatic rings. The molecule has 0 heterocycles. The van der Waals surface area contributed by atoms with Gasteiger partial charge in [-0.25, -0.2) is 4.79 Å². The molecule has 0 aliphatic heterocycles. The van der Waals surface area contributed by atoms with Gasteiger partial charge in [-0.3, -0.25) is 0 Å². The molecular formula is C7H11Na2O5P. The van der Waals surface area contributed by atoms with Crippen LogP contribution < -0.4 is 68.9 Å². The van der Waals surface area contributed by atoms with Crippen molar-refractivity contribution in [1.82, 2.24) is 0 Å². The molecular weight excluding hydrogens is 241 g/mol. The molecule has 1 fully saturated rings. The van der Waals surface area contributed by atoms with Crippen LogP contribution in [-0.2, 0) is 9.30 Å². The van der Waals surface area contributed by atoms with Crippen molar-refractivity contribution < 1.29 is 83.0 Å². The van der Waals surface area contributed by atoms with Crippen LogP contribution in [-0.4, -0.2) is 11.8 Å². The normalized spacial score (nSPS) is 17.2. The number of carbonyl (C=O) groups is 1. The van der Waals surface area contributed by atoms with Crippen LogP contribution in [0.25, 0.3) is 0 Å². The van der Waals surface area contributed by atoms with Gasteiger partial charge < -0.3 is 19.1 Å². The Morgan fingerprint density at radius 3 is 2.00 bits per heavy atom. The van der Waals surface area contributed by atoms with Crippen molar-refractivity contribution in [1.29, 1.82) is 0 Å². The van der Waals surface area contributed by atoms with E-state index in [1.54, 1.807) is 0 Å². The molecule has 1 saturated carbocycles. The molecule has 5 nitrogen and oxygen atoms in total. The molecule has 8 heteroatoms. The van der Waals surface area contributed by atoms with Gasteiger partial charge >= 0.3 is 64.8 Å². The van der Waals surface area contributed by atoms with Gasteiger partial charge in [-0.2, -0.15) is 0 Å². The van der Waals surface area contributed by atoms with E-state index < -0.39 is 13.3 Å². The Morgan fingerprint density at radius 1 is 1.13 bits per heavy atom. The van der Waals surface area contributed by atoms with E-state index >= 15 is 0 Å². The molecule has 0 spiro atoms. The summed E-state index contributed by atoms with van der Waals surface area (Å²) in [6, 6.07) is 0. The van der Waals surface area contributed by atoms with Crippen LogP contribution in [0.1, 0.15) is 32.1 Å². The minimum atomic E-state index is -5.18. The van der Waals surface area contributed by atoms with Crippen molar-refractivity contribution in [2.24, 2.45) is 0 Å². The third-order valence-electron chi connectivity index (χ3n) is 2.04. The van der Waals surface area contributed by atoms with Gasteiger partial charge in [0.05, 0.1) is 0 Å². The molecule has 0 aromatic heterocycles. The van der Waals surface area contributed by atoms with E-state index in [-0.39, 0.29) is 65.2 Å². The third-order valence-corrected chi connectivity index (χ3v) is 2.60. The van der Waals surface area contributed by atoms with Crippen LogP contribution >= 0.6 is 7.60 Å². The predicted molar refractivity (Wildman–Crippen MR) is 41.0 cm³/mol. The molecule has 0 saturated heterocycles. The predicted octanol–water partition coefficient (Wildman–Crippen LogP) is -5.62. The fourth-order valence-corrected chi connectivity index (χ4v) is 1.67. The summed E-state index contributed by atoms with van der Waals surface area (Å²) >= 11 is 0. The molecule has 76 valence electrons. The van der Waals surface area contributed by atoms with Crippen molar-refractivity contribution in [3.8, 4) is 0 Å². The van der Waals surface area contributed by atoms with Crippen molar-refractivity contribution in [3.63, 3.8) is 0 Å². The van der Waals surface area contributed by atoms with Crippen LogP contribution in [0.3, 0.4) is 0 Å². The van der Waals surface area contributed by atoms with Crippen LogP contribution in [0, 0.1) is 0 Å². The van der Waals surface area contributed by atoms with Gasteiger partial charge in [-0.1, -0.05) is 6.42 Å². The molecule has 0 N–H and O–H groups in total. The molecule has 0 unspecified atom stereocenters. The maximum Gasteiger partial charge on any atom is 1.00 e. The Hall–Kier alpha value is 1.62. The standard InChI is InChI=1S/C7H13O5P.2Na/c8-7(13(9,10)11)12-6-4-2-1-3-5-6;;/h6H,1-5H2,(H2,9,10,11);;/q;2*+1/p-2. The zero-order valence-corrected chi connectivity index (χ0v) is 14.0. The van der Waals surface area contributed by atoms with E-state index in [1.165, 1.54) is 0 Å². The number of hydrogen-bond donors (Lipinski definition) is 0. The average molecular weight is 252 g/mol. The van der Waals surface area contributed by atoms with Gasteiger partial charge in [0.2, 0.25) is 0 Å². The molecule has 15 heavy (non-hydrogen) atoms. The minimum absolute atomic E-state index is 0. The Balaban J connectivity index is 0. The summed E-state index contributed by atoms with van der Waals surface area (Å²) in [5, 5.41) is 0.